The molecule has 0 saturated heterocycles. The maximum atomic E-state index is 11.1. The summed E-state index contributed by atoms with van der Waals surface area (Å²) in [4.78, 5) is 22.0. The van der Waals surface area contributed by atoms with E-state index in [1.165, 1.54) is 0 Å². The highest BCUT2D eigenvalue weighted by atomic mass is 16.5. The fourth-order valence-electron chi connectivity index (χ4n) is 4.06. The van der Waals surface area contributed by atoms with E-state index in [2.05, 4.69) is 12.2 Å². The van der Waals surface area contributed by atoms with E-state index in [1.807, 2.05) is 66.7 Å². The first-order chi connectivity index (χ1) is 18.5. The molecule has 3 aromatic rings. The van der Waals surface area contributed by atoms with Crippen molar-refractivity contribution in [1.29, 1.82) is 0 Å². The standard InChI is InChI=1S/C32H36O6/c33-31(34)11-5-4-8-26(24-27-14-18-28(19-15-27)32(35)36)13-12-25-16-20-30(21-17-25)38-23-7-6-22-37-29-9-2-1-3-10-29/h1-3,9-10,12-21,26H,4-8,11,22-24H2,(H,33,34)(H,35,36)/b13-12-. The average Bonchev–Trinajstić information content (AvgIpc) is 2.93. The highest BCUT2D eigenvalue weighted by Crippen LogP contribution is 2.21. The number of benzene rings is 3. The summed E-state index contributed by atoms with van der Waals surface area (Å²) in [5.41, 5.74) is 2.39. The zero-order chi connectivity index (χ0) is 27.0. The molecule has 1 unspecified atom stereocenters. The third-order valence-corrected chi connectivity index (χ3v) is 6.17. The van der Waals surface area contributed by atoms with E-state index in [0.717, 1.165) is 54.7 Å². The van der Waals surface area contributed by atoms with Gasteiger partial charge in [-0.15, -0.1) is 0 Å². The van der Waals surface area contributed by atoms with Gasteiger partial charge in [-0.3, -0.25) is 4.79 Å². The van der Waals surface area contributed by atoms with E-state index in [4.69, 9.17) is 19.7 Å². The second kappa shape index (κ2) is 15.9. The molecule has 0 fully saturated rings. The molecule has 0 aliphatic carbocycles. The molecule has 0 amide bonds. The van der Waals surface area contributed by atoms with Crippen LogP contribution in [0.4, 0.5) is 0 Å². The molecule has 0 aliphatic heterocycles. The number of allylic oxidation sites excluding steroid dienone is 1. The topological polar surface area (TPSA) is 93.1 Å². The molecule has 3 aromatic carbocycles. The number of aliphatic carboxylic acids is 1. The predicted molar refractivity (Wildman–Crippen MR) is 149 cm³/mol. The largest absolute Gasteiger partial charge is 0.494 e. The van der Waals surface area contributed by atoms with Gasteiger partial charge >= 0.3 is 11.9 Å². The SMILES string of the molecule is O=C(O)CCCCC(/C=C\c1ccc(OCCCCOc2ccccc2)cc1)Cc1ccc(C(=O)O)cc1. The maximum Gasteiger partial charge on any atom is 0.335 e. The van der Waals surface area contributed by atoms with Gasteiger partial charge in [0, 0.05) is 6.42 Å². The fraction of sp³-hybridized carbons (Fsp3) is 0.312. The Morgan fingerprint density at radius 1 is 0.737 bits per heavy atom. The highest BCUT2D eigenvalue weighted by molar-refractivity contribution is 5.87. The molecule has 0 spiro atoms. The van der Waals surface area contributed by atoms with E-state index < -0.39 is 11.9 Å². The third-order valence-electron chi connectivity index (χ3n) is 6.17. The molecular formula is C32H36O6. The fourth-order valence-corrected chi connectivity index (χ4v) is 4.06. The van der Waals surface area contributed by atoms with Gasteiger partial charge in [-0.1, -0.05) is 61.0 Å². The lowest BCUT2D eigenvalue weighted by Crippen LogP contribution is -2.04. The number of carboxylic acid groups (broad SMARTS) is 2. The van der Waals surface area contributed by atoms with Crippen LogP contribution in [0.25, 0.3) is 6.08 Å². The summed E-state index contributed by atoms with van der Waals surface area (Å²) in [5.74, 6) is 0.217. The second-order valence-corrected chi connectivity index (χ2v) is 9.25. The molecule has 38 heavy (non-hydrogen) atoms. The Morgan fingerprint density at radius 2 is 1.37 bits per heavy atom. The van der Waals surface area contributed by atoms with E-state index in [-0.39, 0.29) is 17.9 Å². The van der Waals surface area contributed by atoms with Crippen LogP contribution >= 0.6 is 0 Å². The van der Waals surface area contributed by atoms with Crippen molar-refractivity contribution in [2.75, 3.05) is 13.2 Å². The quantitative estimate of drug-likeness (QED) is 0.185. The Balaban J connectivity index is 1.46. The molecule has 200 valence electrons. The number of hydrogen-bond donors (Lipinski definition) is 2. The molecule has 1 atom stereocenters. The Hall–Kier alpha value is -4.06. The van der Waals surface area contributed by atoms with Crippen LogP contribution in [-0.2, 0) is 11.2 Å². The highest BCUT2D eigenvalue weighted by Gasteiger charge is 2.09. The third kappa shape index (κ3) is 10.9. The Labute approximate surface area is 224 Å². The predicted octanol–water partition coefficient (Wildman–Crippen LogP) is 7.14. The number of rotatable bonds is 17. The van der Waals surface area contributed by atoms with Crippen molar-refractivity contribution in [3.05, 3.63) is 102 Å². The lowest BCUT2D eigenvalue weighted by Gasteiger charge is -2.13. The van der Waals surface area contributed by atoms with Crippen molar-refractivity contribution >= 4 is 18.0 Å². The molecular weight excluding hydrogens is 480 g/mol. The van der Waals surface area contributed by atoms with Gasteiger partial charge in [-0.2, -0.15) is 0 Å². The normalized spacial score (nSPS) is 11.8. The monoisotopic (exact) mass is 516 g/mol. The molecule has 0 saturated carbocycles. The van der Waals surface area contributed by atoms with Gasteiger partial charge in [0.2, 0.25) is 0 Å². The van der Waals surface area contributed by atoms with Crippen LogP contribution in [0.5, 0.6) is 11.5 Å². The number of unbranched alkanes of at least 4 members (excludes halogenated alkanes) is 2. The van der Waals surface area contributed by atoms with Crippen LogP contribution in [0.3, 0.4) is 0 Å². The van der Waals surface area contributed by atoms with E-state index in [1.54, 1.807) is 12.1 Å². The van der Waals surface area contributed by atoms with Crippen molar-refractivity contribution in [2.24, 2.45) is 5.92 Å². The van der Waals surface area contributed by atoms with Gasteiger partial charge in [-0.25, -0.2) is 4.79 Å². The van der Waals surface area contributed by atoms with Crippen molar-refractivity contribution in [1.82, 2.24) is 0 Å². The van der Waals surface area contributed by atoms with E-state index in [9.17, 15) is 9.59 Å². The van der Waals surface area contributed by atoms with E-state index >= 15 is 0 Å². The molecule has 2 N–H and O–H groups in total. The van der Waals surface area contributed by atoms with Crippen molar-refractivity contribution < 1.29 is 29.3 Å². The number of carboxylic acids is 2. The maximum absolute atomic E-state index is 11.1. The number of aromatic carboxylic acids is 1. The Kier molecular flexibility index (Phi) is 11.9. The summed E-state index contributed by atoms with van der Waals surface area (Å²) < 4.78 is 11.6. The van der Waals surface area contributed by atoms with Crippen molar-refractivity contribution in [3.8, 4) is 11.5 Å². The zero-order valence-corrected chi connectivity index (χ0v) is 21.6. The van der Waals surface area contributed by atoms with Gasteiger partial charge < -0.3 is 19.7 Å². The number of ether oxygens (including phenoxy) is 2. The molecule has 3 rings (SSSR count). The molecule has 0 bridgehead atoms. The Bertz CT molecular complexity index is 1140. The summed E-state index contributed by atoms with van der Waals surface area (Å²) in [7, 11) is 0. The summed E-state index contributed by atoms with van der Waals surface area (Å²) in [6.07, 6.45) is 9.32. The summed E-state index contributed by atoms with van der Waals surface area (Å²) in [6.45, 7) is 1.30. The van der Waals surface area contributed by atoms with Crippen molar-refractivity contribution in [3.63, 3.8) is 0 Å². The molecule has 0 aromatic heterocycles. The molecule has 0 radical (unpaired) electrons. The zero-order valence-electron chi connectivity index (χ0n) is 21.6. The van der Waals surface area contributed by atoms with Gasteiger partial charge in [0.25, 0.3) is 0 Å². The number of hydrogen-bond acceptors (Lipinski definition) is 4. The van der Waals surface area contributed by atoms with Crippen LogP contribution in [-0.4, -0.2) is 35.4 Å². The van der Waals surface area contributed by atoms with Gasteiger partial charge in [0.15, 0.2) is 0 Å². The van der Waals surface area contributed by atoms with Crippen molar-refractivity contribution in [2.45, 2.75) is 44.9 Å². The minimum atomic E-state index is -0.939. The van der Waals surface area contributed by atoms with Crippen LogP contribution in [0, 0.1) is 5.92 Å². The number of carbonyl (C=O) groups is 2. The van der Waals surface area contributed by atoms with E-state index in [0.29, 0.717) is 19.6 Å². The molecule has 0 aliphatic rings. The van der Waals surface area contributed by atoms with Crippen LogP contribution in [0.15, 0.2) is 84.9 Å². The summed E-state index contributed by atoms with van der Waals surface area (Å²) >= 11 is 0. The van der Waals surface area contributed by atoms with Gasteiger partial charge in [0.05, 0.1) is 18.8 Å². The summed E-state index contributed by atoms with van der Waals surface area (Å²) in [6, 6.07) is 24.7. The first kappa shape index (κ1) is 28.5. The average molecular weight is 517 g/mol. The van der Waals surface area contributed by atoms with Gasteiger partial charge in [-0.05, 0) is 85.5 Å². The Morgan fingerprint density at radius 3 is 1.97 bits per heavy atom. The van der Waals surface area contributed by atoms with Gasteiger partial charge in [0.1, 0.15) is 11.5 Å². The number of para-hydroxylation sites is 1. The lowest BCUT2D eigenvalue weighted by molar-refractivity contribution is -0.137. The lowest BCUT2D eigenvalue weighted by atomic mass is 9.92. The smallest absolute Gasteiger partial charge is 0.335 e. The minimum absolute atomic E-state index is 0.172. The minimum Gasteiger partial charge on any atom is -0.494 e. The van der Waals surface area contributed by atoms with Crippen LogP contribution in [0.2, 0.25) is 0 Å². The molecule has 6 nitrogen and oxygen atoms in total. The summed E-state index contributed by atoms with van der Waals surface area (Å²) in [5, 5.41) is 18.0. The van der Waals surface area contributed by atoms with Crippen LogP contribution in [0.1, 0.15) is 60.0 Å². The van der Waals surface area contributed by atoms with Crippen LogP contribution < -0.4 is 9.47 Å². The molecule has 0 heterocycles. The molecule has 6 heteroatoms. The second-order valence-electron chi connectivity index (χ2n) is 9.25. The first-order valence-electron chi connectivity index (χ1n) is 13.1. The first-order valence-corrected chi connectivity index (χ1v) is 13.1.